The summed E-state index contributed by atoms with van der Waals surface area (Å²) in [6, 6.07) is 12.5. The van der Waals surface area contributed by atoms with Gasteiger partial charge < -0.3 is 46.0 Å². The quantitative estimate of drug-likeness (QED) is 0.222. The molecule has 7 rings (SSSR count). The summed E-state index contributed by atoms with van der Waals surface area (Å²) in [4.78, 5) is 0. The zero-order chi connectivity index (χ0) is 41.7. The van der Waals surface area contributed by atoms with Crippen LogP contribution in [0.1, 0.15) is 107 Å². The Morgan fingerprint density at radius 3 is 0.547 bits per heavy atom. The van der Waals surface area contributed by atoms with E-state index in [1.165, 1.54) is 72.7 Å². The van der Waals surface area contributed by atoms with Gasteiger partial charge in [-0.25, -0.2) is 46.7 Å². The standard InChI is InChI=1S/3C11H16N4.C6H12.ClHO4.3Cu.Mo.O.3S/c3*1-8-5-10(3)14(12-8)7-15-11(4)6-9(2)13-15;1-2-4-6-5-3-1;2-1(3,4)5;;;;;;;;/h3*5-6H,7H2,1-4H3;1-6H2;(H,2,3,4,5);;;;;;;;/q;;;;;3*+2;+3;4*-2/p-1. The van der Waals surface area contributed by atoms with E-state index in [2.05, 4.69) is 109 Å². The van der Waals surface area contributed by atoms with Crippen LogP contribution in [-0.2, 0) is 138 Å². The Kier molecular flexibility index (Phi) is 41.4. The molecule has 6 aromatic rings. The maximum Gasteiger partial charge on any atom is 3.00 e. The normalized spacial score (nSPS) is 10.9. The maximum atomic E-state index is 8.49. The van der Waals surface area contributed by atoms with Gasteiger partial charge in [-0.3, -0.25) is 0 Å². The topological polar surface area (TPSA) is 228 Å². The van der Waals surface area contributed by atoms with Crippen molar-refractivity contribution in [2.45, 2.75) is 142 Å². The average molecular weight is 1200 g/mol. The predicted octanol–water partition coefficient (Wildman–Crippen LogP) is 2.91. The minimum Gasteiger partial charge on any atom is -2.00 e. The van der Waals surface area contributed by atoms with Crippen molar-refractivity contribution in [1.29, 1.82) is 0 Å². The molecule has 0 saturated heterocycles. The molecule has 370 valence electrons. The molecule has 0 unspecified atom stereocenters. The summed E-state index contributed by atoms with van der Waals surface area (Å²) < 4.78 is 45.8. The van der Waals surface area contributed by atoms with Gasteiger partial charge in [0, 0.05) is 34.2 Å². The van der Waals surface area contributed by atoms with Crippen LogP contribution >= 0.6 is 0 Å². The second kappa shape index (κ2) is 35.7. The number of hydrogen-bond donors (Lipinski definition) is 0. The molecule has 0 atom stereocenters. The number of halogens is 1. The SMILES string of the molecule is C1CCCCC1.Cc1cc(C)n(Cn2nc(C)cc2C)n1.Cc1cc(C)n(Cn2nc(C)cc2C)n1.Cc1cc(C)n(Cn2nc(C)cc2C)n1.[Cu+2].[Cu+2].[Cu+2].[Mo+3].[O-2].[O-][Cl+3]([O-])([O-])[O-].[S-2].[S-2].[S-2]. The van der Waals surface area contributed by atoms with Crippen LogP contribution in [0.15, 0.2) is 36.4 Å². The van der Waals surface area contributed by atoms with E-state index in [1.807, 2.05) is 69.6 Å². The number of aromatic nitrogens is 12. The van der Waals surface area contributed by atoms with Crippen molar-refractivity contribution in [1.82, 2.24) is 58.7 Å². The Balaban J connectivity index is -0.000000167. The smallest absolute Gasteiger partial charge is 2.00 e. The first-order chi connectivity index (χ1) is 26.2. The van der Waals surface area contributed by atoms with Gasteiger partial charge in [-0.15, -0.1) is 10.2 Å². The number of aryl methyl sites for hydroxylation is 12. The van der Waals surface area contributed by atoms with Crippen LogP contribution in [0.3, 0.4) is 0 Å². The molecule has 6 heterocycles. The van der Waals surface area contributed by atoms with Crippen molar-refractivity contribution in [3.05, 3.63) is 105 Å². The summed E-state index contributed by atoms with van der Waals surface area (Å²) in [5, 5.41) is 26.5. The van der Waals surface area contributed by atoms with Crippen LogP contribution in [0.5, 0.6) is 0 Å². The zero-order valence-corrected chi connectivity index (χ0v) is 46.2. The van der Waals surface area contributed by atoms with E-state index in [0.29, 0.717) is 20.0 Å². The molecular weight excluding hydrogens is 1130 g/mol. The van der Waals surface area contributed by atoms with E-state index in [9.17, 15) is 0 Å². The van der Waals surface area contributed by atoms with Crippen molar-refractivity contribution < 1.29 is 107 Å². The molecule has 0 aliphatic heterocycles. The fraction of sp³-hybridized carbons (Fsp3) is 0.538. The van der Waals surface area contributed by atoms with E-state index in [-0.39, 0.29) is 118 Å². The fourth-order valence-electron chi connectivity index (χ4n) is 6.35. The van der Waals surface area contributed by atoms with Crippen LogP contribution in [0, 0.1) is 93.3 Å². The summed E-state index contributed by atoms with van der Waals surface area (Å²) in [7, 11) is -4.94. The molecule has 1 saturated carbocycles. The third-order valence-electron chi connectivity index (χ3n) is 8.92. The zero-order valence-electron chi connectivity index (χ0n) is 38.2. The Labute approximate surface area is 448 Å². The minimum atomic E-state index is -4.94. The van der Waals surface area contributed by atoms with E-state index in [1.54, 1.807) is 0 Å². The van der Waals surface area contributed by atoms with Gasteiger partial charge in [-0.05, 0) is 119 Å². The van der Waals surface area contributed by atoms with Crippen molar-refractivity contribution in [3.8, 4) is 0 Å². The van der Waals surface area contributed by atoms with Crippen molar-refractivity contribution in [2.24, 2.45) is 0 Å². The molecule has 0 aromatic carbocycles. The van der Waals surface area contributed by atoms with Gasteiger partial charge in [0.25, 0.3) is 0 Å². The van der Waals surface area contributed by atoms with Gasteiger partial charge in [-0.2, -0.15) is 30.6 Å². The molecule has 1 fully saturated rings. The first-order valence-corrected chi connectivity index (χ1v) is 20.1. The van der Waals surface area contributed by atoms with E-state index in [0.717, 1.165) is 34.2 Å². The molecule has 0 spiro atoms. The molecule has 25 heteroatoms. The van der Waals surface area contributed by atoms with Crippen molar-refractivity contribution in [3.63, 3.8) is 0 Å². The molecule has 4 radical (unpaired) electrons. The molecule has 0 amide bonds. The Bertz CT molecular complexity index is 1770. The summed E-state index contributed by atoms with van der Waals surface area (Å²) in [5.41, 5.74) is 13.3. The van der Waals surface area contributed by atoms with Gasteiger partial charge in [0.1, 0.15) is 20.0 Å². The molecule has 64 heavy (non-hydrogen) atoms. The van der Waals surface area contributed by atoms with Crippen molar-refractivity contribution >= 4 is 40.5 Å². The Morgan fingerprint density at radius 2 is 0.469 bits per heavy atom. The first-order valence-electron chi connectivity index (χ1n) is 18.9. The molecule has 6 aromatic heterocycles. The average Bonchev–Trinajstić information content (AvgIpc) is 3.91. The Morgan fingerprint density at radius 1 is 0.359 bits per heavy atom. The number of hydrogen-bond acceptors (Lipinski definition) is 10. The van der Waals surface area contributed by atoms with Crippen LogP contribution in [0.4, 0.5) is 0 Å². The summed E-state index contributed by atoms with van der Waals surface area (Å²) >= 11 is 0. The van der Waals surface area contributed by atoms with Gasteiger partial charge in [-0.1, -0.05) is 38.5 Å². The maximum absolute atomic E-state index is 8.49. The Hall–Kier alpha value is -1.35. The van der Waals surface area contributed by atoms with Crippen LogP contribution in [-0.4, -0.2) is 58.7 Å². The molecule has 1 aliphatic rings. The molecular formula is C39H60ClCu3MoN12O5S3. The van der Waals surface area contributed by atoms with Crippen LogP contribution in [0.2, 0.25) is 0 Å². The third kappa shape index (κ3) is 27.5. The van der Waals surface area contributed by atoms with E-state index in [4.69, 9.17) is 18.6 Å². The number of nitrogens with zero attached hydrogens (tertiary/aromatic N) is 12. The van der Waals surface area contributed by atoms with Crippen LogP contribution < -0.4 is 18.6 Å². The third-order valence-corrected chi connectivity index (χ3v) is 8.92. The second-order valence-electron chi connectivity index (χ2n) is 14.5. The summed E-state index contributed by atoms with van der Waals surface area (Å²) in [6.07, 6.45) is 9.00. The summed E-state index contributed by atoms with van der Waals surface area (Å²) in [6.45, 7) is 26.5. The number of rotatable bonds is 6. The van der Waals surface area contributed by atoms with E-state index >= 15 is 0 Å². The molecule has 1 aliphatic carbocycles. The van der Waals surface area contributed by atoms with Gasteiger partial charge in [0.05, 0.1) is 34.2 Å². The molecule has 0 N–H and O–H groups in total. The molecule has 17 nitrogen and oxygen atoms in total. The monoisotopic (exact) mass is 1190 g/mol. The van der Waals surface area contributed by atoms with Gasteiger partial charge in [0.2, 0.25) is 0 Å². The largest absolute Gasteiger partial charge is 3.00 e. The van der Waals surface area contributed by atoms with Gasteiger partial charge in [0.15, 0.2) is 0 Å². The first kappa shape index (κ1) is 74.2. The van der Waals surface area contributed by atoms with Gasteiger partial charge >= 0.3 is 72.3 Å². The van der Waals surface area contributed by atoms with E-state index < -0.39 is 10.2 Å². The summed E-state index contributed by atoms with van der Waals surface area (Å²) in [5.74, 6) is 0. The van der Waals surface area contributed by atoms with Crippen molar-refractivity contribution in [2.75, 3.05) is 0 Å². The van der Waals surface area contributed by atoms with Crippen LogP contribution in [0.25, 0.3) is 0 Å². The predicted molar refractivity (Wildman–Crippen MR) is 227 cm³/mol. The minimum absolute atomic E-state index is 0. The molecule has 0 bridgehead atoms. The fourth-order valence-corrected chi connectivity index (χ4v) is 6.35. The second-order valence-corrected chi connectivity index (χ2v) is 15.2.